The van der Waals surface area contributed by atoms with Gasteiger partial charge in [-0.1, -0.05) is 72.8 Å². The molecule has 2 heterocycles. The van der Waals surface area contributed by atoms with Crippen molar-refractivity contribution in [2.75, 3.05) is 0 Å². The highest BCUT2D eigenvalue weighted by Crippen LogP contribution is 2.27. The molecule has 0 spiro atoms. The maximum atomic E-state index is 13.6. The van der Waals surface area contributed by atoms with Gasteiger partial charge in [-0.05, 0) is 49.4 Å². The molecule has 2 aromatic heterocycles. The van der Waals surface area contributed by atoms with Gasteiger partial charge >= 0.3 is 0 Å². The lowest BCUT2D eigenvalue weighted by Crippen LogP contribution is -2.38. The van der Waals surface area contributed by atoms with E-state index in [-0.39, 0.29) is 24.1 Å². The third-order valence-corrected chi connectivity index (χ3v) is 6.77. The van der Waals surface area contributed by atoms with Gasteiger partial charge in [0.1, 0.15) is 12.1 Å². The van der Waals surface area contributed by atoms with Gasteiger partial charge in [0.05, 0.1) is 6.20 Å². The maximum Gasteiger partial charge on any atom is 0.291 e. The van der Waals surface area contributed by atoms with Crippen LogP contribution >= 0.6 is 0 Å². The third-order valence-electron chi connectivity index (χ3n) is 6.77. The number of aryl methyl sites for hydroxylation is 2. The molecular weight excluding hydrogens is 448 g/mol. The van der Waals surface area contributed by atoms with Gasteiger partial charge in [-0.3, -0.25) is 9.59 Å². The number of para-hydroxylation sites is 1. The van der Waals surface area contributed by atoms with E-state index in [1.807, 2.05) is 66.1 Å². The van der Waals surface area contributed by atoms with E-state index in [0.29, 0.717) is 12.1 Å². The first-order valence-corrected chi connectivity index (χ1v) is 12.4. The Bertz CT molecular complexity index is 1580. The Morgan fingerprint density at radius 3 is 2.47 bits per heavy atom. The zero-order valence-corrected chi connectivity index (χ0v) is 20.6. The molecule has 0 saturated carbocycles. The van der Waals surface area contributed by atoms with E-state index in [4.69, 9.17) is 0 Å². The Hall–Kier alpha value is -4.19. The molecule has 0 bridgehead atoms. The molecular formula is C30H30N4O2. The van der Waals surface area contributed by atoms with Crippen molar-refractivity contribution in [3.05, 3.63) is 112 Å². The molecule has 0 fully saturated rings. The average molecular weight is 479 g/mol. The number of fused-ring (bicyclic) bond motifs is 3. The average Bonchev–Trinajstić information content (AvgIpc) is 3.20. The summed E-state index contributed by atoms with van der Waals surface area (Å²) in [7, 11) is 0. The largest absolute Gasteiger partial charge is 0.352 e. The van der Waals surface area contributed by atoms with E-state index in [1.165, 1.54) is 15.8 Å². The van der Waals surface area contributed by atoms with Crippen molar-refractivity contribution in [1.82, 2.24) is 19.7 Å². The van der Waals surface area contributed by atoms with Crippen LogP contribution in [0.4, 0.5) is 0 Å². The van der Waals surface area contributed by atoms with Crippen LogP contribution in [0.5, 0.6) is 0 Å². The van der Waals surface area contributed by atoms with Crippen molar-refractivity contribution in [2.24, 2.45) is 0 Å². The van der Waals surface area contributed by atoms with Gasteiger partial charge in [-0.15, -0.1) is 0 Å². The molecule has 6 heteroatoms. The molecule has 36 heavy (non-hydrogen) atoms. The maximum absolute atomic E-state index is 13.6. The zero-order chi connectivity index (χ0) is 25.1. The summed E-state index contributed by atoms with van der Waals surface area (Å²) >= 11 is 0. The molecule has 0 aliphatic carbocycles. The first-order chi connectivity index (χ1) is 17.5. The Morgan fingerprint density at radius 1 is 0.944 bits per heavy atom. The van der Waals surface area contributed by atoms with Crippen LogP contribution in [-0.4, -0.2) is 26.3 Å². The minimum atomic E-state index is -0.260. The van der Waals surface area contributed by atoms with Crippen molar-refractivity contribution < 1.29 is 4.79 Å². The van der Waals surface area contributed by atoms with Crippen LogP contribution in [0.2, 0.25) is 0 Å². The molecule has 1 amide bonds. The van der Waals surface area contributed by atoms with Gasteiger partial charge in [0.2, 0.25) is 5.91 Å². The fourth-order valence-corrected chi connectivity index (χ4v) is 4.78. The first kappa shape index (κ1) is 23.5. The highest BCUT2D eigenvalue weighted by atomic mass is 16.2. The van der Waals surface area contributed by atoms with Gasteiger partial charge in [-0.25, -0.2) is 4.68 Å². The molecule has 5 aromatic rings. The van der Waals surface area contributed by atoms with E-state index in [9.17, 15) is 9.59 Å². The van der Waals surface area contributed by atoms with E-state index in [0.717, 1.165) is 34.7 Å². The molecule has 0 aliphatic rings. The number of carbonyl (C=O) groups excluding carboxylic acids is 1. The Labute approximate surface area is 210 Å². The minimum absolute atomic E-state index is 0.00959. The van der Waals surface area contributed by atoms with Crippen molar-refractivity contribution in [3.8, 4) is 0 Å². The van der Waals surface area contributed by atoms with Crippen LogP contribution in [0.3, 0.4) is 0 Å². The van der Waals surface area contributed by atoms with Crippen molar-refractivity contribution >= 4 is 27.7 Å². The van der Waals surface area contributed by atoms with Crippen LogP contribution in [0, 0.1) is 6.92 Å². The molecule has 1 N–H and O–H groups in total. The molecule has 0 aliphatic heterocycles. The fourth-order valence-electron chi connectivity index (χ4n) is 4.78. The van der Waals surface area contributed by atoms with Gasteiger partial charge < -0.3 is 9.88 Å². The highest BCUT2D eigenvalue weighted by Gasteiger charge is 2.18. The summed E-state index contributed by atoms with van der Waals surface area (Å²) in [6, 6.07) is 26.4. The van der Waals surface area contributed by atoms with Crippen LogP contribution in [-0.2, 0) is 24.3 Å². The van der Waals surface area contributed by atoms with Gasteiger partial charge in [0, 0.05) is 28.9 Å². The number of aromatic nitrogens is 3. The molecule has 0 radical (unpaired) electrons. The van der Waals surface area contributed by atoms with Crippen LogP contribution in [0.25, 0.3) is 21.8 Å². The Kier molecular flexibility index (Phi) is 6.67. The topological polar surface area (TPSA) is 68.9 Å². The standard InChI is InChI=1S/C30H30N4O2/c1-21-10-6-7-13-24(21)19-33-27-15-9-8-14-25(27)26-18-31-34(30(36)29(26)33)20-28(35)32-22(2)16-17-23-11-4-3-5-12-23/h3-15,18,22H,16-17,19-20H2,1-2H3,(H,32,35)/t22-/m1/s1. The van der Waals surface area contributed by atoms with Crippen LogP contribution in [0.1, 0.15) is 30.0 Å². The molecule has 5 rings (SSSR count). The van der Waals surface area contributed by atoms with Crippen LogP contribution < -0.4 is 10.9 Å². The Morgan fingerprint density at radius 2 is 1.67 bits per heavy atom. The number of amides is 1. The molecule has 0 unspecified atom stereocenters. The summed E-state index contributed by atoms with van der Waals surface area (Å²) in [4.78, 5) is 26.4. The van der Waals surface area contributed by atoms with Gasteiger partial charge in [-0.2, -0.15) is 5.10 Å². The first-order valence-electron chi connectivity index (χ1n) is 12.4. The SMILES string of the molecule is Cc1ccccc1Cn1c2ccccc2c2cnn(CC(=O)N[C@H](C)CCc3ccccc3)c(=O)c21. The lowest BCUT2D eigenvalue weighted by molar-refractivity contribution is -0.122. The van der Waals surface area contributed by atoms with E-state index in [2.05, 4.69) is 41.6 Å². The van der Waals surface area contributed by atoms with E-state index >= 15 is 0 Å². The highest BCUT2D eigenvalue weighted by molar-refractivity contribution is 6.07. The Balaban J connectivity index is 1.41. The van der Waals surface area contributed by atoms with Crippen molar-refractivity contribution in [1.29, 1.82) is 0 Å². The molecule has 6 nitrogen and oxygen atoms in total. The second kappa shape index (κ2) is 10.2. The van der Waals surface area contributed by atoms with E-state index in [1.54, 1.807) is 6.20 Å². The summed E-state index contributed by atoms with van der Waals surface area (Å²) in [5, 5.41) is 9.17. The number of hydrogen-bond acceptors (Lipinski definition) is 3. The fraction of sp³-hybridized carbons (Fsp3) is 0.233. The zero-order valence-electron chi connectivity index (χ0n) is 20.6. The monoisotopic (exact) mass is 478 g/mol. The lowest BCUT2D eigenvalue weighted by atomic mass is 10.1. The number of carbonyl (C=O) groups is 1. The number of hydrogen-bond donors (Lipinski definition) is 1. The molecule has 3 aromatic carbocycles. The third kappa shape index (κ3) is 4.80. The second-order valence-electron chi connectivity index (χ2n) is 9.39. The molecule has 0 saturated heterocycles. The van der Waals surface area contributed by atoms with Gasteiger partial charge in [0.15, 0.2) is 0 Å². The summed E-state index contributed by atoms with van der Waals surface area (Å²) in [5.41, 5.74) is 4.84. The lowest BCUT2D eigenvalue weighted by Gasteiger charge is -2.14. The number of rotatable bonds is 8. The second-order valence-corrected chi connectivity index (χ2v) is 9.39. The van der Waals surface area contributed by atoms with Gasteiger partial charge in [0.25, 0.3) is 5.56 Å². The minimum Gasteiger partial charge on any atom is -0.352 e. The van der Waals surface area contributed by atoms with Crippen molar-refractivity contribution in [3.63, 3.8) is 0 Å². The molecule has 182 valence electrons. The number of nitrogens with one attached hydrogen (secondary N) is 1. The number of benzene rings is 3. The summed E-state index contributed by atoms with van der Waals surface area (Å²) in [6.45, 7) is 4.52. The van der Waals surface area contributed by atoms with Crippen LogP contribution in [0.15, 0.2) is 89.9 Å². The summed E-state index contributed by atoms with van der Waals surface area (Å²) in [5.74, 6) is -0.217. The quantitative estimate of drug-likeness (QED) is 0.347. The van der Waals surface area contributed by atoms with E-state index < -0.39 is 0 Å². The normalized spacial score (nSPS) is 12.2. The predicted molar refractivity (Wildman–Crippen MR) is 144 cm³/mol. The van der Waals surface area contributed by atoms with Crippen molar-refractivity contribution in [2.45, 2.75) is 45.8 Å². The summed E-state index contributed by atoms with van der Waals surface area (Å²) in [6.07, 6.45) is 3.41. The number of nitrogens with zero attached hydrogens (tertiary/aromatic N) is 3. The smallest absolute Gasteiger partial charge is 0.291 e. The predicted octanol–water partition coefficient (Wildman–Crippen LogP) is 4.85. The summed E-state index contributed by atoms with van der Waals surface area (Å²) < 4.78 is 3.32. The molecule has 1 atom stereocenters.